The second kappa shape index (κ2) is 12.5. The first kappa shape index (κ1) is 31.4. The molecular formula is C33H33Cl2F4N3O. The predicted molar refractivity (Wildman–Crippen MR) is 163 cm³/mol. The van der Waals surface area contributed by atoms with Crippen LogP contribution in [0.1, 0.15) is 53.9 Å². The fraction of sp³-hybridized carbons (Fsp3) is 0.364. The van der Waals surface area contributed by atoms with Crippen molar-refractivity contribution in [3.63, 3.8) is 0 Å². The highest BCUT2D eigenvalue weighted by molar-refractivity contribution is 6.42. The summed E-state index contributed by atoms with van der Waals surface area (Å²) in [5.41, 5.74) is 3.24. The normalized spacial score (nSPS) is 17.3. The molecule has 1 spiro atoms. The Balaban J connectivity index is 1.28. The lowest BCUT2D eigenvalue weighted by Crippen LogP contribution is -2.45. The first-order valence-corrected chi connectivity index (χ1v) is 14.9. The topological polar surface area (TPSA) is 35.6 Å². The molecule has 5 rings (SSSR count). The zero-order valence-corrected chi connectivity index (χ0v) is 25.3. The number of carbonyl (C=O) groups is 1. The number of hydrogen-bond acceptors (Lipinski definition) is 3. The molecule has 1 atom stereocenters. The summed E-state index contributed by atoms with van der Waals surface area (Å²) in [5, 5.41) is 4.03. The smallest absolute Gasteiger partial charge is 0.359 e. The lowest BCUT2D eigenvalue weighted by molar-refractivity contribution is -0.137. The fourth-order valence-electron chi connectivity index (χ4n) is 6.34. The Kier molecular flexibility index (Phi) is 9.12. The molecule has 43 heavy (non-hydrogen) atoms. The maximum absolute atomic E-state index is 14.2. The number of nitrogens with one attached hydrogen (secondary N) is 1. The van der Waals surface area contributed by atoms with Gasteiger partial charge in [-0.3, -0.25) is 4.79 Å². The number of rotatable bonds is 7. The van der Waals surface area contributed by atoms with E-state index in [1.54, 1.807) is 37.4 Å². The van der Waals surface area contributed by atoms with Crippen LogP contribution in [0.25, 0.3) is 0 Å². The molecular weight excluding hydrogens is 601 g/mol. The molecule has 1 N–H and O–H groups in total. The summed E-state index contributed by atoms with van der Waals surface area (Å²) in [4.78, 5) is 17.6. The zero-order valence-electron chi connectivity index (χ0n) is 23.8. The van der Waals surface area contributed by atoms with Gasteiger partial charge in [-0.1, -0.05) is 48.0 Å². The Morgan fingerprint density at radius 2 is 1.74 bits per heavy atom. The van der Waals surface area contributed by atoms with Crippen LogP contribution in [0.4, 0.5) is 23.2 Å². The van der Waals surface area contributed by atoms with Gasteiger partial charge in [0.05, 0.1) is 21.5 Å². The van der Waals surface area contributed by atoms with Crippen molar-refractivity contribution in [2.24, 2.45) is 0 Å². The Labute approximate surface area is 259 Å². The highest BCUT2D eigenvalue weighted by Crippen LogP contribution is 2.47. The van der Waals surface area contributed by atoms with Crippen molar-refractivity contribution in [1.82, 2.24) is 9.80 Å². The maximum atomic E-state index is 14.2. The second-order valence-corrected chi connectivity index (χ2v) is 12.4. The highest BCUT2D eigenvalue weighted by atomic mass is 35.5. The first-order chi connectivity index (χ1) is 20.3. The van der Waals surface area contributed by atoms with Gasteiger partial charge < -0.3 is 15.1 Å². The quantitative estimate of drug-likeness (QED) is 0.265. The molecule has 228 valence electrons. The van der Waals surface area contributed by atoms with E-state index in [9.17, 15) is 22.4 Å². The SMILES string of the molecule is C=C1CC2(CCN(CCC(C(=O)N(C)Cc3ccc(C(F)(F)F)cc3)c3ccc(Cl)c(Cl)c3)CC2)c2cc(F)ccc2N1. The summed E-state index contributed by atoms with van der Waals surface area (Å²) < 4.78 is 53.2. The number of amides is 1. The van der Waals surface area contributed by atoms with Crippen molar-refractivity contribution < 1.29 is 22.4 Å². The molecule has 1 fully saturated rings. The molecule has 1 amide bonds. The van der Waals surface area contributed by atoms with Crippen LogP contribution in [0.5, 0.6) is 0 Å². The van der Waals surface area contributed by atoms with E-state index in [0.29, 0.717) is 28.6 Å². The number of allylic oxidation sites excluding steroid dienone is 1. The number of alkyl halides is 3. The number of carbonyl (C=O) groups excluding carboxylic acids is 1. The van der Waals surface area contributed by atoms with Gasteiger partial charge >= 0.3 is 6.18 Å². The molecule has 2 aliphatic heterocycles. The molecule has 0 saturated carbocycles. The molecule has 10 heteroatoms. The van der Waals surface area contributed by atoms with Crippen LogP contribution in [-0.4, -0.2) is 42.4 Å². The highest BCUT2D eigenvalue weighted by Gasteiger charge is 2.41. The Morgan fingerprint density at radius 3 is 2.40 bits per heavy atom. The average molecular weight is 635 g/mol. The van der Waals surface area contributed by atoms with Gasteiger partial charge in [0.15, 0.2) is 0 Å². The minimum atomic E-state index is -4.42. The van der Waals surface area contributed by atoms with Crippen LogP contribution in [0.15, 0.2) is 72.9 Å². The lowest BCUT2D eigenvalue weighted by atomic mass is 9.67. The molecule has 0 bridgehead atoms. The van der Waals surface area contributed by atoms with E-state index in [0.717, 1.165) is 67.0 Å². The fourth-order valence-corrected chi connectivity index (χ4v) is 6.65. The first-order valence-electron chi connectivity index (χ1n) is 14.2. The number of halogens is 6. The maximum Gasteiger partial charge on any atom is 0.416 e. The van der Waals surface area contributed by atoms with E-state index in [2.05, 4.69) is 16.8 Å². The van der Waals surface area contributed by atoms with Crippen molar-refractivity contribution in [3.8, 4) is 0 Å². The summed E-state index contributed by atoms with van der Waals surface area (Å²) in [5.74, 6) is -0.942. The average Bonchev–Trinajstić information content (AvgIpc) is 2.96. The van der Waals surface area contributed by atoms with Gasteiger partial charge in [-0.2, -0.15) is 13.2 Å². The monoisotopic (exact) mass is 633 g/mol. The van der Waals surface area contributed by atoms with Gasteiger partial charge in [0.2, 0.25) is 5.91 Å². The van der Waals surface area contributed by atoms with Gasteiger partial charge in [-0.25, -0.2) is 4.39 Å². The molecule has 0 aromatic heterocycles. The second-order valence-electron chi connectivity index (χ2n) is 11.6. The zero-order chi connectivity index (χ0) is 30.9. The van der Waals surface area contributed by atoms with Gasteiger partial charge in [0.25, 0.3) is 0 Å². The van der Waals surface area contributed by atoms with Crippen LogP contribution in [0, 0.1) is 5.82 Å². The van der Waals surface area contributed by atoms with Gasteiger partial charge in [0, 0.05) is 30.4 Å². The van der Waals surface area contributed by atoms with E-state index in [-0.39, 0.29) is 23.7 Å². The third kappa shape index (κ3) is 7.03. The van der Waals surface area contributed by atoms with E-state index < -0.39 is 17.7 Å². The largest absolute Gasteiger partial charge is 0.416 e. The van der Waals surface area contributed by atoms with Crippen molar-refractivity contribution in [1.29, 1.82) is 0 Å². The van der Waals surface area contributed by atoms with Crippen molar-refractivity contribution in [3.05, 3.63) is 111 Å². The number of hydrogen-bond donors (Lipinski definition) is 1. The molecule has 4 nitrogen and oxygen atoms in total. The third-order valence-electron chi connectivity index (χ3n) is 8.68. The molecule has 2 aliphatic rings. The molecule has 2 heterocycles. The van der Waals surface area contributed by atoms with E-state index in [1.807, 2.05) is 0 Å². The predicted octanol–water partition coefficient (Wildman–Crippen LogP) is 8.65. The summed E-state index contributed by atoms with van der Waals surface area (Å²) >= 11 is 12.5. The van der Waals surface area contributed by atoms with Crippen LogP contribution in [0.2, 0.25) is 10.0 Å². The van der Waals surface area contributed by atoms with E-state index in [4.69, 9.17) is 23.2 Å². The third-order valence-corrected chi connectivity index (χ3v) is 9.42. The van der Waals surface area contributed by atoms with E-state index in [1.165, 1.54) is 23.1 Å². The molecule has 1 saturated heterocycles. The summed E-state index contributed by atoms with van der Waals surface area (Å²) in [6.45, 7) is 6.54. The number of piperidine rings is 1. The lowest BCUT2D eigenvalue weighted by Gasteiger charge is -2.46. The Hall–Kier alpha value is -3.07. The summed E-state index contributed by atoms with van der Waals surface area (Å²) in [6.07, 6.45) is -1.49. The molecule has 3 aromatic carbocycles. The minimum Gasteiger partial charge on any atom is -0.359 e. The van der Waals surface area contributed by atoms with Gasteiger partial charge in [-0.15, -0.1) is 0 Å². The van der Waals surface area contributed by atoms with Crippen LogP contribution < -0.4 is 5.32 Å². The molecule has 0 radical (unpaired) electrons. The molecule has 3 aromatic rings. The van der Waals surface area contributed by atoms with E-state index >= 15 is 0 Å². The van der Waals surface area contributed by atoms with Crippen LogP contribution in [-0.2, 0) is 22.9 Å². The molecule has 1 unspecified atom stereocenters. The Bertz CT molecular complexity index is 1500. The minimum absolute atomic E-state index is 0.161. The molecule has 0 aliphatic carbocycles. The standard InChI is InChI=1S/C33H33Cl2F4N3O/c1-21-19-32(27-18-25(36)8-10-30(27)40-21)12-15-42(16-13-32)14-11-26(23-5-9-28(34)29(35)17-23)31(43)41(2)20-22-3-6-24(7-4-22)33(37,38)39/h3-10,17-18,26,40H,1,11-16,19-20H2,2H3. The number of anilines is 1. The van der Waals surface area contributed by atoms with Gasteiger partial charge in [0.1, 0.15) is 5.82 Å². The van der Waals surface area contributed by atoms with Gasteiger partial charge in [-0.05, 0) is 104 Å². The van der Waals surface area contributed by atoms with Crippen LogP contribution in [0.3, 0.4) is 0 Å². The number of nitrogens with zero attached hydrogens (tertiary/aromatic N) is 2. The van der Waals surface area contributed by atoms with Crippen molar-refractivity contribution >= 4 is 34.8 Å². The number of likely N-dealkylation sites (tertiary alicyclic amines) is 1. The van der Waals surface area contributed by atoms with Crippen molar-refractivity contribution in [2.45, 2.75) is 49.7 Å². The number of likely N-dealkylation sites (N-methyl/N-ethyl adjacent to an activating group) is 1. The van der Waals surface area contributed by atoms with Crippen LogP contribution >= 0.6 is 23.2 Å². The Morgan fingerprint density at radius 1 is 1.05 bits per heavy atom. The number of benzene rings is 3. The summed E-state index contributed by atoms with van der Waals surface area (Å²) in [7, 11) is 1.65. The summed E-state index contributed by atoms with van der Waals surface area (Å²) in [6, 6.07) is 14.9. The van der Waals surface area contributed by atoms with Crippen molar-refractivity contribution in [2.75, 3.05) is 32.0 Å². The number of fused-ring (bicyclic) bond motifs is 2.